The summed E-state index contributed by atoms with van der Waals surface area (Å²) in [7, 11) is -3.85. The Morgan fingerprint density at radius 1 is 0.976 bits per heavy atom. The van der Waals surface area contributed by atoms with E-state index in [9.17, 15) is 26.4 Å². The number of amides is 1. The maximum absolute atomic E-state index is 12.9. The van der Waals surface area contributed by atoms with Crippen molar-refractivity contribution in [2.24, 2.45) is 0 Å². The number of hydrogen-bond donors (Lipinski definition) is 1. The Hall–Kier alpha value is -2.96. The van der Waals surface area contributed by atoms with E-state index in [1.54, 1.807) is 24.3 Å². The highest BCUT2D eigenvalue weighted by atomic mass is 79.9. The fourth-order valence-corrected chi connectivity index (χ4v) is 4.96. The smallest absolute Gasteiger partial charge is 0.348 e. The van der Waals surface area contributed by atoms with Crippen molar-refractivity contribution < 1.29 is 30.6 Å². The summed E-state index contributed by atoms with van der Waals surface area (Å²) in [5.74, 6) is -0.642. The van der Waals surface area contributed by atoms with E-state index in [2.05, 4.69) is 21.2 Å². The van der Waals surface area contributed by atoms with Gasteiger partial charge in [-0.3, -0.25) is 8.98 Å². The molecule has 0 atom stereocenters. The number of pyridine rings is 1. The Bertz CT molecular complexity index is 1700. The molecule has 41 heavy (non-hydrogen) atoms. The topological polar surface area (TPSA) is 85.4 Å². The van der Waals surface area contributed by atoms with Gasteiger partial charge in [-0.1, -0.05) is 57.3 Å². The van der Waals surface area contributed by atoms with Crippen LogP contribution in [0.3, 0.4) is 0 Å². The third kappa shape index (κ3) is 8.08. The predicted molar refractivity (Wildman–Crippen MR) is 155 cm³/mol. The second-order valence-electron chi connectivity index (χ2n) is 8.85. The van der Waals surface area contributed by atoms with Gasteiger partial charge in [0.1, 0.15) is 6.61 Å². The molecule has 0 bridgehead atoms. The van der Waals surface area contributed by atoms with Crippen molar-refractivity contribution >= 4 is 55.2 Å². The first-order valence-electron chi connectivity index (χ1n) is 11.8. The standard InChI is InChI=1S/C28H20BrCl2F3N2O4S/c1-41(38,39)40-15-25-18(14-35-27(37)17-2-6-19(7-3-17)28(32,33)34)12-23(22-11-10-21(30)13-24(22)31)26(36-25)16-4-8-20(29)9-5-16/h2-13H,14-15H2,1H3,(H,35,37). The van der Waals surface area contributed by atoms with Crippen LogP contribution in [-0.2, 0) is 33.6 Å². The molecule has 3 aromatic carbocycles. The van der Waals surface area contributed by atoms with Gasteiger partial charge in [-0.15, -0.1) is 0 Å². The van der Waals surface area contributed by atoms with E-state index in [4.69, 9.17) is 32.4 Å². The molecule has 0 radical (unpaired) electrons. The van der Waals surface area contributed by atoms with Crippen LogP contribution in [0.25, 0.3) is 22.4 Å². The average molecular weight is 688 g/mol. The average Bonchev–Trinajstić information content (AvgIpc) is 2.90. The van der Waals surface area contributed by atoms with Crippen molar-refractivity contribution in [2.45, 2.75) is 19.3 Å². The molecule has 0 saturated carbocycles. The van der Waals surface area contributed by atoms with Crippen LogP contribution >= 0.6 is 39.1 Å². The van der Waals surface area contributed by atoms with Crippen LogP contribution in [0.4, 0.5) is 13.2 Å². The van der Waals surface area contributed by atoms with Crippen molar-refractivity contribution in [1.29, 1.82) is 0 Å². The molecule has 214 valence electrons. The predicted octanol–water partition coefficient (Wildman–Crippen LogP) is 7.91. The summed E-state index contributed by atoms with van der Waals surface area (Å²) in [4.78, 5) is 17.5. The molecule has 4 aromatic rings. The number of hydrogen-bond acceptors (Lipinski definition) is 5. The molecule has 0 fully saturated rings. The van der Waals surface area contributed by atoms with Gasteiger partial charge >= 0.3 is 6.18 Å². The van der Waals surface area contributed by atoms with Crippen molar-refractivity contribution in [2.75, 3.05) is 6.26 Å². The lowest BCUT2D eigenvalue weighted by molar-refractivity contribution is -0.137. The maximum atomic E-state index is 12.9. The Labute approximate surface area is 252 Å². The Morgan fingerprint density at radius 3 is 2.22 bits per heavy atom. The summed E-state index contributed by atoms with van der Waals surface area (Å²) >= 11 is 16.1. The van der Waals surface area contributed by atoms with E-state index in [1.165, 1.54) is 0 Å². The normalized spacial score (nSPS) is 11.9. The molecule has 4 rings (SSSR count). The van der Waals surface area contributed by atoms with E-state index in [0.717, 1.165) is 35.0 Å². The molecule has 1 heterocycles. The van der Waals surface area contributed by atoms with Gasteiger partial charge in [-0.25, -0.2) is 4.98 Å². The molecule has 0 unspecified atom stereocenters. The molecule has 0 aliphatic rings. The van der Waals surface area contributed by atoms with Crippen LogP contribution in [0.5, 0.6) is 0 Å². The molecule has 6 nitrogen and oxygen atoms in total. The SMILES string of the molecule is CS(=O)(=O)OCc1nc(-c2ccc(Br)cc2)c(-c2ccc(Cl)cc2Cl)cc1CNC(=O)c1ccc(C(F)(F)F)cc1. The molecule has 0 spiro atoms. The number of benzene rings is 3. The quantitative estimate of drug-likeness (QED) is 0.190. The third-order valence-corrected chi connectivity index (χ3v) is 7.48. The number of carbonyl (C=O) groups is 1. The van der Waals surface area contributed by atoms with Gasteiger partial charge in [0.25, 0.3) is 16.0 Å². The zero-order valence-electron chi connectivity index (χ0n) is 21.1. The second kappa shape index (κ2) is 12.5. The molecule has 1 amide bonds. The summed E-state index contributed by atoms with van der Waals surface area (Å²) in [5.41, 5.74) is 2.04. The van der Waals surface area contributed by atoms with Gasteiger partial charge in [0.15, 0.2) is 0 Å². The van der Waals surface area contributed by atoms with Gasteiger partial charge in [0, 0.05) is 43.3 Å². The monoisotopic (exact) mass is 686 g/mol. The van der Waals surface area contributed by atoms with Crippen LogP contribution < -0.4 is 5.32 Å². The van der Waals surface area contributed by atoms with Crippen molar-refractivity contribution in [3.63, 3.8) is 0 Å². The number of alkyl halides is 3. The number of carbonyl (C=O) groups excluding carboxylic acids is 1. The van der Waals surface area contributed by atoms with Crippen molar-refractivity contribution in [3.8, 4) is 22.4 Å². The molecule has 13 heteroatoms. The van der Waals surface area contributed by atoms with Crippen LogP contribution in [0.15, 0.2) is 77.3 Å². The molecule has 0 saturated heterocycles. The summed E-state index contributed by atoms with van der Waals surface area (Å²) in [5, 5.41) is 3.40. The molecule has 0 aliphatic heterocycles. The molecule has 1 N–H and O–H groups in total. The zero-order valence-corrected chi connectivity index (χ0v) is 25.0. The zero-order chi connectivity index (χ0) is 29.9. The Balaban J connectivity index is 1.78. The fraction of sp³-hybridized carbons (Fsp3) is 0.143. The minimum Gasteiger partial charge on any atom is -0.348 e. The van der Waals surface area contributed by atoms with E-state index < -0.39 is 34.4 Å². The van der Waals surface area contributed by atoms with Crippen molar-refractivity contribution in [3.05, 3.63) is 110 Å². The van der Waals surface area contributed by atoms with E-state index >= 15 is 0 Å². The Kier molecular flexibility index (Phi) is 9.45. The van der Waals surface area contributed by atoms with Gasteiger partial charge in [-0.05, 0) is 60.2 Å². The number of rotatable bonds is 8. The number of nitrogens with one attached hydrogen (secondary N) is 1. The van der Waals surface area contributed by atoms with Gasteiger partial charge < -0.3 is 5.32 Å². The number of nitrogens with zero attached hydrogens (tertiary/aromatic N) is 1. The van der Waals surface area contributed by atoms with Gasteiger partial charge in [0.2, 0.25) is 0 Å². The van der Waals surface area contributed by atoms with Crippen LogP contribution in [0, 0.1) is 0 Å². The largest absolute Gasteiger partial charge is 0.416 e. The number of aromatic nitrogens is 1. The highest BCUT2D eigenvalue weighted by Gasteiger charge is 2.30. The first kappa shape index (κ1) is 31.0. The fourth-order valence-electron chi connectivity index (χ4n) is 3.86. The molecule has 1 aromatic heterocycles. The lowest BCUT2D eigenvalue weighted by atomic mass is 9.96. The lowest BCUT2D eigenvalue weighted by Crippen LogP contribution is -2.24. The van der Waals surface area contributed by atoms with Crippen molar-refractivity contribution in [1.82, 2.24) is 10.3 Å². The number of halogens is 6. The first-order valence-corrected chi connectivity index (χ1v) is 15.1. The minimum absolute atomic E-state index is 0.00680. The molecular weight excluding hydrogens is 668 g/mol. The summed E-state index contributed by atoms with van der Waals surface area (Å²) < 4.78 is 68.2. The van der Waals surface area contributed by atoms with Gasteiger partial charge in [0.05, 0.1) is 23.2 Å². The summed E-state index contributed by atoms with van der Waals surface area (Å²) in [6, 6.07) is 17.7. The summed E-state index contributed by atoms with van der Waals surface area (Å²) in [6.07, 6.45) is -3.64. The highest BCUT2D eigenvalue weighted by Crippen LogP contribution is 2.38. The van der Waals surface area contributed by atoms with Gasteiger partial charge in [-0.2, -0.15) is 21.6 Å². The molecular formula is C28H20BrCl2F3N2O4S. The third-order valence-electron chi connectivity index (χ3n) is 5.85. The molecule has 0 aliphatic carbocycles. The maximum Gasteiger partial charge on any atom is 0.416 e. The highest BCUT2D eigenvalue weighted by molar-refractivity contribution is 9.10. The first-order chi connectivity index (χ1) is 19.2. The Morgan fingerprint density at radius 2 is 1.63 bits per heavy atom. The van der Waals surface area contributed by atoms with Crippen LogP contribution in [0.2, 0.25) is 10.0 Å². The van der Waals surface area contributed by atoms with E-state index in [0.29, 0.717) is 38.0 Å². The van der Waals surface area contributed by atoms with Crippen LogP contribution in [0.1, 0.15) is 27.2 Å². The second-order valence-corrected chi connectivity index (χ2v) is 12.2. The summed E-state index contributed by atoms with van der Waals surface area (Å²) in [6.45, 7) is -0.573. The minimum atomic E-state index is -4.54. The van der Waals surface area contributed by atoms with E-state index in [1.807, 2.05) is 24.3 Å². The van der Waals surface area contributed by atoms with E-state index in [-0.39, 0.29) is 17.8 Å². The van der Waals surface area contributed by atoms with Crippen LogP contribution in [-0.4, -0.2) is 25.6 Å². The lowest BCUT2D eigenvalue weighted by Gasteiger charge is -2.18.